The Morgan fingerprint density at radius 1 is 1.00 bits per heavy atom. The highest BCUT2D eigenvalue weighted by atomic mass is 32.1. The number of thiophene rings is 1. The Kier molecular flexibility index (Phi) is 3.05. The standard InChI is InChI=1S/C20H15NS/c1-3-14-10-20-17(15-6-4-5-7-19(15)22-20)11-16(14)18-9-8-13(2)12-21-18/h3-12H,1H2,2H3. The molecule has 4 rings (SSSR count). The Hall–Kier alpha value is -2.45. The summed E-state index contributed by atoms with van der Waals surface area (Å²) in [6.45, 7) is 6.03. The maximum Gasteiger partial charge on any atom is 0.0708 e. The van der Waals surface area contributed by atoms with Crippen LogP contribution in [0.5, 0.6) is 0 Å². The van der Waals surface area contributed by atoms with Gasteiger partial charge in [0.05, 0.1) is 5.69 Å². The highest BCUT2D eigenvalue weighted by Crippen LogP contribution is 2.38. The van der Waals surface area contributed by atoms with E-state index in [9.17, 15) is 0 Å². The van der Waals surface area contributed by atoms with E-state index in [0.717, 1.165) is 16.8 Å². The zero-order valence-corrected chi connectivity index (χ0v) is 13.2. The van der Waals surface area contributed by atoms with E-state index in [-0.39, 0.29) is 0 Å². The first-order valence-corrected chi connectivity index (χ1v) is 8.08. The SMILES string of the molecule is C=Cc1cc2sc3ccccc3c2cc1-c1ccc(C)cn1. The van der Waals surface area contributed by atoms with E-state index in [1.807, 2.05) is 23.6 Å². The lowest BCUT2D eigenvalue weighted by molar-refractivity contribution is 1.27. The van der Waals surface area contributed by atoms with E-state index in [0.29, 0.717) is 0 Å². The maximum absolute atomic E-state index is 4.58. The third-order valence-electron chi connectivity index (χ3n) is 3.96. The summed E-state index contributed by atoms with van der Waals surface area (Å²) >= 11 is 1.83. The molecule has 1 nitrogen and oxygen atoms in total. The number of aryl methyl sites for hydroxylation is 1. The van der Waals surface area contributed by atoms with E-state index in [1.54, 1.807) is 0 Å². The molecule has 0 bridgehead atoms. The predicted molar refractivity (Wildman–Crippen MR) is 97.4 cm³/mol. The van der Waals surface area contributed by atoms with Crippen molar-refractivity contribution in [1.29, 1.82) is 0 Å². The Morgan fingerprint density at radius 2 is 1.86 bits per heavy atom. The van der Waals surface area contributed by atoms with Crippen LogP contribution in [0.3, 0.4) is 0 Å². The summed E-state index contributed by atoms with van der Waals surface area (Å²) in [7, 11) is 0. The van der Waals surface area contributed by atoms with Crippen molar-refractivity contribution in [2.75, 3.05) is 0 Å². The second kappa shape index (κ2) is 5.08. The normalized spacial score (nSPS) is 11.1. The molecule has 4 aromatic rings. The molecule has 2 aromatic carbocycles. The molecule has 0 radical (unpaired) electrons. The highest BCUT2D eigenvalue weighted by Gasteiger charge is 2.10. The second-order valence-electron chi connectivity index (χ2n) is 5.46. The minimum atomic E-state index is 0.998. The van der Waals surface area contributed by atoms with E-state index in [4.69, 9.17) is 0 Å². The molecule has 2 heteroatoms. The van der Waals surface area contributed by atoms with Crippen LogP contribution >= 0.6 is 11.3 Å². The first-order valence-electron chi connectivity index (χ1n) is 7.27. The van der Waals surface area contributed by atoms with Crippen LogP contribution in [0.2, 0.25) is 0 Å². The lowest BCUT2D eigenvalue weighted by Gasteiger charge is -2.07. The van der Waals surface area contributed by atoms with Crippen LogP contribution in [0.25, 0.3) is 37.5 Å². The summed E-state index contributed by atoms with van der Waals surface area (Å²) in [4.78, 5) is 4.58. The molecule has 2 heterocycles. The minimum absolute atomic E-state index is 0.998. The van der Waals surface area contributed by atoms with Gasteiger partial charge in [0.2, 0.25) is 0 Å². The van der Waals surface area contributed by atoms with Gasteiger partial charge < -0.3 is 0 Å². The lowest BCUT2D eigenvalue weighted by atomic mass is 10.00. The number of aromatic nitrogens is 1. The fourth-order valence-electron chi connectivity index (χ4n) is 2.80. The number of fused-ring (bicyclic) bond motifs is 3. The molecule has 0 N–H and O–H groups in total. The Balaban J connectivity index is 2.06. The molecule has 0 spiro atoms. The van der Waals surface area contributed by atoms with Crippen molar-refractivity contribution in [2.45, 2.75) is 6.92 Å². The molecule has 22 heavy (non-hydrogen) atoms. The fraction of sp³-hybridized carbons (Fsp3) is 0.0500. The molecular formula is C20H15NS. The van der Waals surface area contributed by atoms with Gasteiger partial charge in [-0.2, -0.15) is 0 Å². The fourth-order valence-corrected chi connectivity index (χ4v) is 3.94. The molecular weight excluding hydrogens is 286 g/mol. The third kappa shape index (κ3) is 2.04. The molecule has 0 aliphatic carbocycles. The van der Waals surface area contributed by atoms with Crippen LogP contribution in [0.4, 0.5) is 0 Å². The lowest BCUT2D eigenvalue weighted by Crippen LogP contribution is -1.87. The molecule has 0 fully saturated rings. The molecule has 0 atom stereocenters. The van der Waals surface area contributed by atoms with Crippen LogP contribution in [0.1, 0.15) is 11.1 Å². The largest absolute Gasteiger partial charge is 0.256 e. The molecule has 0 unspecified atom stereocenters. The Labute approximate surface area is 133 Å². The van der Waals surface area contributed by atoms with Gasteiger partial charge in [-0.1, -0.05) is 36.9 Å². The quantitative estimate of drug-likeness (QED) is 0.438. The van der Waals surface area contributed by atoms with E-state index >= 15 is 0 Å². The maximum atomic E-state index is 4.58. The summed E-state index contributed by atoms with van der Waals surface area (Å²) in [6, 6.07) is 17.2. The average molecular weight is 301 g/mol. The van der Waals surface area contributed by atoms with Gasteiger partial charge in [-0.3, -0.25) is 4.98 Å². The molecule has 2 aromatic heterocycles. The van der Waals surface area contributed by atoms with Crippen molar-refractivity contribution in [3.8, 4) is 11.3 Å². The van der Waals surface area contributed by atoms with Crippen molar-refractivity contribution >= 4 is 37.6 Å². The zero-order chi connectivity index (χ0) is 15.1. The van der Waals surface area contributed by atoms with Crippen molar-refractivity contribution in [3.63, 3.8) is 0 Å². The molecule has 0 aliphatic heterocycles. The van der Waals surface area contributed by atoms with Gasteiger partial charge in [-0.25, -0.2) is 0 Å². The minimum Gasteiger partial charge on any atom is -0.256 e. The van der Waals surface area contributed by atoms with Crippen LogP contribution in [-0.2, 0) is 0 Å². The number of hydrogen-bond donors (Lipinski definition) is 0. The number of rotatable bonds is 2. The van der Waals surface area contributed by atoms with Gasteiger partial charge in [0, 0.05) is 31.9 Å². The van der Waals surface area contributed by atoms with E-state index in [2.05, 4.69) is 67.0 Å². The van der Waals surface area contributed by atoms with Crippen LogP contribution in [0.15, 0.2) is 61.3 Å². The number of nitrogens with zero attached hydrogens (tertiary/aromatic N) is 1. The van der Waals surface area contributed by atoms with Crippen LogP contribution < -0.4 is 0 Å². The van der Waals surface area contributed by atoms with Crippen molar-refractivity contribution in [2.24, 2.45) is 0 Å². The van der Waals surface area contributed by atoms with Gasteiger partial charge in [-0.15, -0.1) is 11.3 Å². The van der Waals surface area contributed by atoms with Crippen LogP contribution in [0, 0.1) is 6.92 Å². The molecule has 0 saturated carbocycles. The summed E-state index contributed by atoms with van der Waals surface area (Å²) in [5, 5.41) is 2.61. The summed E-state index contributed by atoms with van der Waals surface area (Å²) in [5.41, 5.74) is 4.45. The average Bonchev–Trinajstić information content (AvgIpc) is 2.92. The number of benzene rings is 2. The second-order valence-corrected chi connectivity index (χ2v) is 6.54. The van der Waals surface area contributed by atoms with Gasteiger partial charge >= 0.3 is 0 Å². The monoisotopic (exact) mass is 301 g/mol. The smallest absolute Gasteiger partial charge is 0.0708 e. The van der Waals surface area contributed by atoms with E-state index < -0.39 is 0 Å². The van der Waals surface area contributed by atoms with Gasteiger partial charge in [0.25, 0.3) is 0 Å². The Morgan fingerprint density at radius 3 is 2.64 bits per heavy atom. The Bertz CT molecular complexity index is 994. The number of pyridine rings is 1. The molecule has 0 aliphatic rings. The predicted octanol–water partition coefficient (Wildman–Crippen LogP) is 6.07. The number of hydrogen-bond acceptors (Lipinski definition) is 2. The van der Waals surface area contributed by atoms with Gasteiger partial charge in [-0.05, 0) is 42.3 Å². The van der Waals surface area contributed by atoms with Gasteiger partial charge in [0.15, 0.2) is 0 Å². The summed E-state index contributed by atoms with van der Waals surface area (Å²) in [5.74, 6) is 0. The zero-order valence-electron chi connectivity index (χ0n) is 12.3. The highest BCUT2D eigenvalue weighted by molar-refractivity contribution is 7.25. The molecule has 0 amide bonds. The van der Waals surface area contributed by atoms with Gasteiger partial charge in [0.1, 0.15) is 0 Å². The summed E-state index contributed by atoms with van der Waals surface area (Å²) in [6.07, 6.45) is 3.83. The third-order valence-corrected chi connectivity index (χ3v) is 5.09. The molecule has 106 valence electrons. The van der Waals surface area contributed by atoms with Crippen molar-refractivity contribution in [1.82, 2.24) is 4.98 Å². The van der Waals surface area contributed by atoms with Crippen molar-refractivity contribution < 1.29 is 0 Å². The molecule has 0 saturated heterocycles. The van der Waals surface area contributed by atoms with Crippen LogP contribution in [-0.4, -0.2) is 4.98 Å². The topological polar surface area (TPSA) is 12.9 Å². The van der Waals surface area contributed by atoms with Crippen molar-refractivity contribution in [3.05, 3.63) is 72.4 Å². The summed E-state index contributed by atoms with van der Waals surface area (Å²) < 4.78 is 2.62. The first kappa shape index (κ1) is 13.2. The van der Waals surface area contributed by atoms with E-state index in [1.165, 1.54) is 25.7 Å². The first-order chi connectivity index (χ1) is 10.8.